The summed E-state index contributed by atoms with van der Waals surface area (Å²) in [7, 11) is 0. The van der Waals surface area contributed by atoms with Crippen LogP contribution in [-0.2, 0) is 19.4 Å². The Morgan fingerprint density at radius 3 is 2.47 bits per heavy atom. The van der Waals surface area contributed by atoms with Crippen LogP contribution in [0.5, 0.6) is 5.75 Å². The largest absolute Gasteiger partial charge is 0.508 e. The molecule has 0 saturated carbocycles. The standard InChI is InChI=1S/C28H36N4O4/c1-18-12-19(2)32-26(31-18)10-11-29-27(36)22-7-5-6-20(13-22)15-28(3,4)30-16-25(35)21-8-9-24(34)23(14-21)17-33/h5-9,12-14,25,30,33-35H,10-11,15-17H2,1-4H3,(H,29,36)/t25-/m0/s1. The summed E-state index contributed by atoms with van der Waals surface area (Å²) in [6, 6.07) is 14.2. The maximum atomic E-state index is 12.7. The van der Waals surface area contributed by atoms with Gasteiger partial charge in [0.05, 0.1) is 12.7 Å². The molecule has 3 aromatic rings. The average Bonchev–Trinajstić information content (AvgIpc) is 2.82. The van der Waals surface area contributed by atoms with E-state index >= 15 is 0 Å². The summed E-state index contributed by atoms with van der Waals surface area (Å²) in [6.07, 6.45) is 0.413. The molecule has 8 heteroatoms. The van der Waals surface area contributed by atoms with Gasteiger partial charge in [0, 0.05) is 47.6 Å². The summed E-state index contributed by atoms with van der Waals surface area (Å²) in [5.41, 5.74) is 4.06. The molecule has 1 heterocycles. The van der Waals surface area contributed by atoms with Crippen molar-refractivity contribution in [3.63, 3.8) is 0 Å². The lowest BCUT2D eigenvalue weighted by Gasteiger charge is -2.28. The monoisotopic (exact) mass is 492 g/mol. The third-order valence-corrected chi connectivity index (χ3v) is 5.93. The normalized spacial score (nSPS) is 12.4. The predicted octanol–water partition coefficient (Wildman–Crippen LogP) is 2.91. The van der Waals surface area contributed by atoms with Crippen LogP contribution in [0.25, 0.3) is 0 Å². The highest BCUT2D eigenvalue weighted by Gasteiger charge is 2.21. The summed E-state index contributed by atoms with van der Waals surface area (Å²) in [4.78, 5) is 21.5. The molecular formula is C28H36N4O4. The van der Waals surface area contributed by atoms with Crippen LogP contribution in [0, 0.1) is 13.8 Å². The maximum Gasteiger partial charge on any atom is 0.251 e. The first-order valence-electron chi connectivity index (χ1n) is 12.1. The van der Waals surface area contributed by atoms with Gasteiger partial charge in [-0.15, -0.1) is 0 Å². The van der Waals surface area contributed by atoms with Gasteiger partial charge in [-0.1, -0.05) is 18.2 Å². The zero-order valence-corrected chi connectivity index (χ0v) is 21.4. The van der Waals surface area contributed by atoms with Crippen LogP contribution in [0.3, 0.4) is 0 Å². The smallest absolute Gasteiger partial charge is 0.251 e. The Hall–Kier alpha value is -3.33. The van der Waals surface area contributed by atoms with Crippen molar-refractivity contribution in [3.05, 3.63) is 88.0 Å². The Bertz CT molecular complexity index is 1180. The van der Waals surface area contributed by atoms with Crippen LogP contribution in [0.15, 0.2) is 48.5 Å². The van der Waals surface area contributed by atoms with Crippen molar-refractivity contribution in [1.29, 1.82) is 0 Å². The number of amides is 1. The number of phenols is 1. The Balaban J connectivity index is 1.54. The molecule has 36 heavy (non-hydrogen) atoms. The van der Waals surface area contributed by atoms with Gasteiger partial charge >= 0.3 is 0 Å². The molecule has 0 fully saturated rings. The molecule has 1 amide bonds. The molecule has 1 atom stereocenters. The zero-order valence-electron chi connectivity index (χ0n) is 21.4. The molecule has 5 N–H and O–H groups in total. The Morgan fingerprint density at radius 2 is 1.78 bits per heavy atom. The van der Waals surface area contributed by atoms with Crippen LogP contribution < -0.4 is 10.6 Å². The molecule has 192 valence electrons. The second kappa shape index (κ2) is 12.1. The van der Waals surface area contributed by atoms with Gasteiger partial charge in [-0.25, -0.2) is 9.97 Å². The van der Waals surface area contributed by atoms with E-state index in [0.717, 1.165) is 22.8 Å². The fourth-order valence-corrected chi connectivity index (χ4v) is 4.13. The molecule has 2 aromatic carbocycles. The lowest BCUT2D eigenvalue weighted by Crippen LogP contribution is -2.43. The van der Waals surface area contributed by atoms with Crippen molar-refractivity contribution in [1.82, 2.24) is 20.6 Å². The zero-order chi connectivity index (χ0) is 26.3. The number of rotatable bonds is 11. The fourth-order valence-electron chi connectivity index (χ4n) is 4.13. The highest BCUT2D eigenvalue weighted by molar-refractivity contribution is 5.94. The van der Waals surface area contributed by atoms with Crippen molar-refractivity contribution in [2.75, 3.05) is 13.1 Å². The van der Waals surface area contributed by atoms with Crippen molar-refractivity contribution < 1.29 is 20.1 Å². The number of aliphatic hydroxyl groups excluding tert-OH is 2. The van der Waals surface area contributed by atoms with Gasteiger partial charge < -0.3 is 26.0 Å². The van der Waals surface area contributed by atoms with E-state index in [1.165, 1.54) is 6.07 Å². The van der Waals surface area contributed by atoms with E-state index in [2.05, 4.69) is 20.6 Å². The number of nitrogens with one attached hydrogen (secondary N) is 2. The molecular weight excluding hydrogens is 456 g/mol. The van der Waals surface area contributed by atoms with E-state index in [-0.39, 0.29) is 23.8 Å². The van der Waals surface area contributed by atoms with Crippen molar-refractivity contribution >= 4 is 5.91 Å². The molecule has 1 aromatic heterocycles. The van der Waals surface area contributed by atoms with Crippen LogP contribution in [-0.4, -0.2) is 49.8 Å². The summed E-state index contributed by atoms with van der Waals surface area (Å²) in [6.45, 7) is 8.38. The SMILES string of the molecule is Cc1cc(C)nc(CCNC(=O)c2cccc(CC(C)(C)NC[C@H](O)c3ccc(O)c(CO)c3)c2)n1. The molecule has 0 unspecified atom stereocenters. The maximum absolute atomic E-state index is 12.7. The first-order valence-corrected chi connectivity index (χ1v) is 12.1. The third kappa shape index (κ3) is 7.84. The summed E-state index contributed by atoms with van der Waals surface area (Å²) in [5, 5.41) is 36.0. The number of β-amino-alcohol motifs (C(OH)–C–C–N with tert-alkyl or cyclic N) is 1. The van der Waals surface area contributed by atoms with Gasteiger partial charge in [0.25, 0.3) is 5.91 Å². The van der Waals surface area contributed by atoms with E-state index in [0.29, 0.717) is 42.6 Å². The number of aromatic hydroxyl groups is 1. The number of benzene rings is 2. The quantitative estimate of drug-likeness (QED) is 0.278. The first-order chi connectivity index (χ1) is 17.1. The molecule has 0 aliphatic rings. The van der Waals surface area contributed by atoms with Crippen LogP contribution in [0.4, 0.5) is 0 Å². The highest BCUT2D eigenvalue weighted by atomic mass is 16.3. The van der Waals surface area contributed by atoms with Gasteiger partial charge in [-0.05, 0) is 75.6 Å². The molecule has 3 rings (SSSR count). The number of carbonyl (C=O) groups excluding carboxylic acids is 1. The van der Waals surface area contributed by atoms with E-state index < -0.39 is 6.10 Å². The third-order valence-electron chi connectivity index (χ3n) is 5.93. The van der Waals surface area contributed by atoms with Gasteiger partial charge in [0.1, 0.15) is 11.6 Å². The number of hydrogen-bond donors (Lipinski definition) is 5. The number of aryl methyl sites for hydroxylation is 2. The van der Waals surface area contributed by atoms with E-state index in [9.17, 15) is 20.1 Å². The molecule has 0 aliphatic carbocycles. The molecule has 0 radical (unpaired) electrons. The molecule has 8 nitrogen and oxygen atoms in total. The average molecular weight is 493 g/mol. The van der Waals surface area contributed by atoms with Crippen molar-refractivity contribution in [3.8, 4) is 5.75 Å². The van der Waals surface area contributed by atoms with Gasteiger partial charge in [-0.2, -0.15) is 0 Å². The minimum absolute atomic E-state index is 0.00394. The molecule has 0 saturated heterocycles. The first kappa shape index (κ1) is 27.3. The summed E-state index contributed by atoms with van der Waals surface area (Å²) >= 11 is 0. The summed E-state index contributed by atoms with van der Waals surface area (Å²) in [5.74, 6) is 0.579. The van der Waals surface area contributed by atoms with Gasteiger partial charge in [-0.3, -0.25) is 4.79 Å². The second-order valence-electron chi connectivity index (χ2n) is 9.78. The van der Waals surface area contributed by atoms with Gasteiger partial charge in [0.2, 0.25) is 0 Å². The van der Waals surface area contributed by atoms with Crippen molar-refractivity contribution in [2.45, 2.75) is 58.8 Å². The lowest BCUT2D eigenvalue weighted by atomic mass is 9.93. The molecule has 0 spiro atoms. The molecule has 0 bridgehead atoms. The minimum Gasteiger partial charge on any atom is -0.508 e. The topological polar surface area (TPSA) is 128 Å². The Kier molecular flexibility index (Phi) is 9.14. The van der Waals surface area contributed by atoms with E-state index in [1.807, 2.05) is 52.0 Å². The summed E-state index contributed by atoms with van der Waals surface area (Å²) < 4.78 is 0. The number of nitrogens with zero attached hydrogens (tertiary/aromatic N) is 2. The van der Waals surface area contributed by atoms with Crippen LogP contribution in [0.1, 0.15) is 64.2 Å². The fraction of sp³-hybridized carbons (Fsp3) is 0.393. The van der Waals surface area contributed by atoms with Crippen LogP contribution >= 0.6 is 0 Å². The number of aromatic nitrogens is 2. The Labute approximate surface area is 212 Å². The van der Waals surface area contributed by atoms with E-state index in [4.69, 9.17) is 0 Å². The van der Waals surface area contributed by atoms with Crippen molar-refractivity contribution in [2.24, 2.45) is 0 Å². The number of aliphatic hydroxyl groups is 2. The van der Waals surface area contributed by atoms with Crippen LogP contribution in [0.2, 0.25) is 0 Å². The highest BCUT2D eigenvalue weighted by Crippen LogP contribution is 2.23. The van der Waals surface area contributed by atoms with E-state index in [1.54, 1.807) is 18.2 Å². The number of hydrogen-bond acceptors (Lipinski definition) is 7. The van der Waals surface area contributed by atoms with Gasteiger partial charge in [0.15, 0.2) is 0 Å². The predicted molar refractivity (Wildman–Crippen MR) is 139 cm³/mol. The number of carbonyl (C=O) groups is 1. The second-order valence-corrected chi connectivity index (χ2v) is 9.78. The Morgan fingerprint density at radius 1 is 1.06 bits per heavy atom. The minimum atomic E-state index is -0.798. The molecule has 0 aliphatic heterocycles. The lowest BCUT2D eigenvalue weighted by molar-refractivity contribution is 0.0953.